The van der Waals surface area contributed by atoms with E-state index in [-0.39, 0.29) is 0 Å². The molecule has 2 rings (SSSR count). The Balaban J connectivity index is 2.28. The van der Waals surface area contributed by atoms with Gasteiger partial charge < -0.3 is 5.32 Å². The first-order valence-electron chi connectivity index (χ1n) is 7.24. The molecule has 0 spiro atoms. The zero-order valence-corrected chi connectivity index (χ0v) is 12.0. The van der Waals surface area contributed by atoms with Gasteiger partial charge in [-0.15, -0.1) is 6.04 Å². The van der Waals surface area contributed by atoms with E-state index in [2.05, 4.69) is 27.4 Å². The summed E-state index contributed by atoms with van der Waals surface area (Å²) in [7, 11) is 2.02. The minimum atomic E-state index is 0.529. The van der Waals surface area contributed by atoms with Crippen molar-refractivity contribution in [1.29, 1.82) is 0 Å². The molecule has 0 bridgehead atoms. The Kier molecular flexibility index (Phi) is 3.68. The summed E-state index contributed by atoms with van der Waals surface area (Å²) in [5.41, 5.74) is 1.90. The molecule has 98 valence electrons. The first-order valence-corrected chi connectivity index (χ1v) is 7.24. The van der Waals surface area contributed by atoms with Crippen LogP contribution in [0, 0.1) is 23.2 Å². The molecule has 0 heterocycles. The van der Waals surface area contributed by atoms with Crippen molar-refractivity contribution in [1.82, 2.24) is 0 Å². The second-order valence-corrected chi connectivity index (χ2v) is 6.79. The van der Waals surface area contributed by atoms with Crippen molar-refractivity contribution in [2.75, 3.05) is 7.05 Å². The van der Waals surface area contributed by atoms with E-state index in [4.69, 9.17) is 5.32 Å². The molecule has 0 aromatic rings. The average molecular weight is 234 g/mol. The molecule has 0 aromatic heterocycles. The minimum absolute atomic E-state index is 0.529. The van der Waals surface area contributed by atoms with E-state index in [1.807, 2.05) is 7.05 Å². The van der Waals surface area contributed by atoms with Crippen LogP contribution < -0.4 is 0 Å². The molecule has 17 heavy (non-hydrogen) atoms. The molecule has 2 saturated carbocycles. The Morgan fingerprint density at radius 2 is 2.00 bits per heavy atom. The molecule has 1 heteroatoms. The van der Waals surface area contributed by atoms with E-state index < -0.39 is 0 Å². The average Bonchev–Trinajstić information content (AvgIpc) is 2.26. The number of nitrogens with zero attached hydrogens (tertiary/aromatic N) is 1. The van der Waals surface area contributed by atoms with Gasteiger partial charge in [-0.2, -0.15) is 7.05 Å². The summed E-state index contributed by atoms with van der Waals surface area (Å²) in [6, 6.07) is 0.529. The highest BCUT2D eigenvalue weighted by molar-refractivity contribution is 5.16. The van der Waals surface area contributed by atoms with Gasteiger partial charge in [0.25, 0.3) is 0 Å². The topological polar surface area (TPSA) is 14.1 Å². The van der Waals surface area contributed by atoms with Crippen molar-refractivity contribution >= 4 is 0 Å². The van der Waals surface area contributed by atoms with E-state index in [1.54, 1.807) is 0 Å². The Labute approximate surface area is 107 Å². The van der Waals surface area contributed by atoms with Crippen LogP contribution in [0.15, 0.2) is 12.2 Å². The quantitative estimate of drug-likeness (QED) is 0.610. The third-order valence-corrected chi connectivity index (χ3v) is 5.56. The normalized spacial score (nSPS) is 46.4. The first kappa shape index (κ1) is 13.1. The zero-order chi connectivity index (χ0) is 12.6. The fraction of sp³-hybridized carbons (Fsp3) is 0.875. The fourth-order valence-corrected chi connectivity index (χ4v) is 4.69. The fourth-order valence-electron chi connectivity index (χ4n) is 4.69. The third-order valence-electron chi connectivity index (χ3n) is 5.56. The lowest BCUT2D eigenvalue weighted by Gasteiger charge is -2.60. The molecule has 2 aliphatic carbocycles. The van der Waals surface area contributed by atoms with E-state index >= 15 is 0 Å². The Morgan fingerprint density at radius 3 is 2.59 bits per heavy atom. The van der Waals surface area contributed by atoms with Crippen LogP contribution in [0.4, 0.5) is 0 Å². The van der Waals surface area contributed by atoms with Gasteiger partial charge in [-0.1, -0.05) is 38.8 Å². The van der Waals surface area contributed by atoms with Crippen molar-refractivity contribution in [3.63, 3.8) is 0 Å². The Morgan fingerprint density at radius 1 is 1.29 bits per heavy atom. The van der Waals surface area contributed by atoms with Crippen molar-refractivity contribution in [3.05, 3.63) is 17.5 Å². The molecular weight excluding hydrogens is 206 g/mol. The van der Waals surface area contributed by atoms with Crippen LogP contribution in [0.25, 0.3) is 5.32 Å². The van der Waals surface area contributed by atoms with E-state index in [0.717, 1.165) is 11.8 Å². The summed E-state index contributed by atoms with van der Waals surface area (Å²) in [4.78, 5) is 0. The summed E-state index contributed by atoms with van der Waals surface area (Å²) in [5, 5.41) is 4.77. The molecule has 0 saturated heterocycles. The maximum Gasteiger partial charge on any atom is -0.0308 e. The number of rotatable bonds is 2. The smallest absolute Gasteiger partial charge is 0.0308 e. The predicted molar refractivity (Wildman–Crippen MR) is 75.2 cm³/mol. The second kappa shape index (κ2) is 4.76. The molecule has 0 radical (unpaired) electrons. The molecule has 0 amide bonds. The summed E-state index contributed by atoms with van der Waals surface area (Å²) in [5.74, 6) is 2.26. The Bertz CT molecular complexity index is 296. The maximum atomic E-state index is 4.77. The summed E-state index contributed by atoms with van der Waals surface area (Å²) in [6.07, 6.45) is 6.91. The van der Waals surface area contributed by atoms with Gasteiger partial charge in [-0.3, -0.25) is 0 Å². The SMILES string of the molecule is C=C(C)[C@@H]1CC[C@@]2(C)CCC[C@@H](C)[C@@H]2[C@H]1[N-]C. The van der Waals surface area contributed by atoms with Crippen molar-refractivity contribution in [3.8, 4) is 0 Å². The predicted octanol–water partition coefficient (Wildman–Crippen LogP) is 4.79. The summed E-state index contributed by atoms with van der Waals surface area (Å²) < 4.78 is 0. The van der Waals surface area contributed by atoms with Crippen LogP contribution in [0.5, 0.6) is 0 Å². The van der Waals surface area contributed by atoms with Gasteiger partial charge in [0.15, 0.2) is 0 Å². The third kappa shape index (κ3) is 2.19. The molecule has 0 unspecified atom stereocenters. The van der Waals surface area contributed by atoms with Gasteiger partial charge in [-0.05, 0) is 49.4 Å². The van der Waals surface area contributed by atoms with E-state index in [1.165, 1.54) is 37.7 Å². The van der Waals surface area contributed by atoms with Gasteiger partial charge in [-0.25, -0.2) is 0 Å². The number of hydrogen-bond donors (Lipinski definition) is 0. The maximum absolute atomic E-state index is 4.77. The number of hydrogen-bond acceptors (Lipinski definition) is 0. The van der Waals surface area contributed by atoms with Crippen molar-refractivity contribution in [2.24, 2.45) is 23.2 Å². The highest BCUT2D eigenvalue weighted by Gasteiger charge is 2.46. The van der Waals surface area contributed by atoms with Crippen LogP contribution in [0.1, 0.15) is 52.9 Å². The van der Waals surface area contributed by atoms with Gasteiger partial charge in [0.2, 0.25) is 0 Å². The highest BCUT2D eigenvalue weighted by atomic mass is 14.9. The van der Waals surface area contributed by atoms with Crippen LogP contribution in [-0.2, 0) is 0 Å². The lowest BCUT2D eigenvalue weighted by molar-refractivity contribution is -0.000624. The summed E-state index contributed by atoms with van der Waals surface area (Å²) >= 11 is 0. The Hall–Kier alpha value is -0.300. The molecule has 2 aliphatic rings. The zero-order valence-electron chi connectivity index (χ0n) is 12.0. The highest BCUT2D eigenvalue weighted by Crippen LogP contribution is 2.56. The van der Waals surface area contributed by atoms with E-state index in [0.29, 0.717) is 17.4 Å². The minimum Gasteiger partial charge on any atom is -0.662 e. The van der Waals surface area contributed by atoms with Crippen LogP contribution in [0.2, 0.25) is 0 Å². The van der Waals surface area contributed by atoms with Gasteiger partial charge >= 0.3 is 0 Å². The second-order valence-electron chi connectivity index (χ2n) is 6.79. The lowest BCUT2D eigenvalue weighted by atomic mass is 9.52. The van der Waals surface area contributed by atoms with Crippen molar-refractivity contribution in [2.45, 2.75) is 58.9 Å². The molecule has 0 aromatic carbocycles. The molecule has 0 N–H and O–H groups in total. The van der Waals surface area contributed by atoms with Crippen molar-refractivity contribution < 1.29 is 0 Å². The monoisotopic (exact) mass is 234 g/mol. The molecule has 0 aliphatic heterocycles. The molecule has 5 atom stereocenters. The lowest BCUT2D eigenvalue weighted by Crippen LogP contribution is -2.49. The molecule has 1 nitrogen and oxygen atoms in total. The van der Waals surface area contributed by atoms with Crippen LogP contribution in [0.3, 0.4) is 0 Å². The first-order chi connectivity index (χ1) is 7.99. The van der Waals surface area contributed by atoms with Crippen LogP contribution >= 0.6 is 0 Å². The van der Waals surface area contributed by atoms with Gasteiger partial charge in [0.05, 0.1) is 0 Å². The number of fused-ring (bicyclic) bond motifs is 1. The van der Waals surface area contributed by atoms with Gasteiger partial charge in [0.1, 0.15) is 0 Å². The summed E-state index contributed by atoms with van der Waals surface area (Å²) in [6.45, 7) is 11.4. The molecule has 2 fully saturated rings. The molecular formula is C16H28N-. The standard InChI is InChI=1S/C16H28N/c1-11(2)13-8-10-16(4)9-6-7-12(3)14(16)15(13)17-5/h12-15H,1,6-10H2,2-5H3/q-1/t12-,13+,14-,15+,16-/m1/s1. The van der Waals surface area contributed by atoms with E-state index in [9.17, 15) is 0 Å². The van der Waals surface area contributed by atoms with Gasteiger partial charge in [0, 0.05) is 0 Å². The van der Waals surface area contributed by atoms with Crippen LogP contribution in [-0.4, -0.2) is 13.1 Å². The largest absolute Gasteiger partial charge is 0.662 e.